The zero-order valence-corrected chi connectivity index (χ0v) is 14.3. The van der Waals surface area contributed by atoms with Crippen LogP contribution in [-0.4, -0.2) is 34.2 Å². The topological polar surface area (TPSA) is 95.5 Å². The third-order valence-corrected chi connectivity index (χ3v) is 4.15. The Morgan fingerprint density at radius 3 is 2.30 bits per heavy atom. The summed E-state index contributed by atoms with van der Waals surface area (Å²) < 4.78 is 0. The van der Waals surface area contributed by atoms with Gasteiger partial charge in [0, 0.05) is 30.0 Å². The van der Waals surface area contributed by atoms with Crippen molar-refractivity contribution in [1.82, 2.24) is 5.32 Å². The summed E-state index contributed by atoms with van der Waals surface area (Å²) in [6.07, 6.45) is 0.442. The molecule has 3 N–H and O–H groups in total. The quantitative estimate of drug-likeness (QED) is 0.633. The molecule has 0 saturated carbocycles. The average Bonchev–Trinajstić information content (AvgIpc) is 2.46. The molecule has 6 nitrogen and oxygen atoms in total. The number of carbonyl (C=O) groups is 3. The second kappa shape index (κ2) is 9.19. The van der Waals surface area contributed by atoms with Crippen molar-refractivity contribution in [3.8, 4) is 0 Å². The molecule has 1 rings (SSSR count). The summed E-state index contributed by atoms with van der Waals surface area (Å²) in [5.74, 6) is -1.12. The van der Waals surface area contributed by atoms with Gasteiger partial charge in [0.05, 0.1) is 5.25 Å². The Labute approximate surface area is 140 Å². The number of hydrogen-bond donors (Lipinski definition) is 3. The van der Waals surface area contributed by atoms with E-state index in [9.17, 15) is 14.4 Å². The predicted molar refractivity (Wildman–Crippen MR) is 90.5 cm³/mol. The first-order chi connectivity index (χ1) is 10.8. The molecule has 1 aromatic carbocycles. The fourth-order valence-corrected chi connectivity index (χ4v) is 2.73. The molecule has 0 saturated heterocycles. The highest BCUT2D eigenvalue weighted by molar-refractivity contribution is 8.00. The highest BCUT2D eigenvalue weighted by Gasteiger charge is 2.17. The molecule has 1 aromatic rings. The normalized spacial score (nSPS) is 13.0. The molecule has 0 heterocycles. The fourth-order valence-electron chi connectivity index (χ4n) is 1.85. The van der Waals surface area contributed by atoms with Crippen LogP contribution in [-0.2, 0) is 14.4 Å². The standard InChI is InChI=1S/C16H22N2O4S/c1-10(4-9-15(20)21)17-16(22)11(2)23-14-7-5-13(6-8-14)18-12(3)19/h5-8,10-11H,4,9H2,1-3H3,(H,17,22)(H,18,19)(H,20,21). The lowest BCUT2D eigenvalue weighted by atomic mass is 10.2. The van der Waals surface area contributed by atoms with Gasteiger partial charge in [0.15, 0.2) is 0 Å². The van der Waals surface area contributed by atoms with Gasteiger partial charge in [0.2, 0.25) is 11.8 Å². The number of anilines is 1. The summed E-state index contributed by atoms with van der Waals surface area (Å²) in [5.41, 5.74) is 0.709. The van der Waals surface area contributed by atoms with Gasteiger partial charge in [-0.2, -0.15) is 0 Å². The van der Waals surface area contributed by atoms with E-state index < -0.39 is 5.97 Å². The molecule has 0 spiro atoms. The van der Waals surface area contributed by atoms with Gasteiger partial charge in [0.1, 0.15) is 0 Å². The van der Waals surface area contributed by atoms with Crippen LogP contribution in [0.4, 0.5) is 5.69 Å². The minimum absolute atomic E-state index is 0.0353. The van der Waals surface area contributed by atoms with E-state index in [0.717, 1.165) is 4.90 Å². The number of rotatable bonds is 8. The molecule has 0 bridgehead atoms. The van der Waals surface area contributed by atoms with Crippen molar-refractivity contribution in [3.05, 3.63) is 24.3 Å². The number of nitrogens with one attached hydrogen (secondary N) is 2. The van der Waals surface area contributed by atoms with Gasteiger partial charge in [-0.15, -0.1) is 11.8 Å². The highest BCUT2D eigenvalue weighted by atomic mass is 32.2. The third kappa shape index (κ3) is 7.69. The molecule has 0 aliphatic rings. The lowest BCUT2D eigenvalue weighted by molar-refractivity contribution is -0.137. The van der Waals surface area contributed by atoms with Gasteiger partial charge in [-0.1, -0.05) is 0 Å². The van der Waals surface area contributed by atoms with Gasteiger partial charge in [0.25, 0.3) is 0 Å². The first kappa shape index (κ1) is 19.0. The second-order valence-corrected chi connectivity index (χ2v) is 6.72. The highest BCUT2D eigenvalue weighted by Crippen LogP contribution is 2.25. The molecule has 2 atom stereocenters. The molecular weight excluding hydrogens is 316 g/mol. The Hall–Kier alpha value is -2.02. The Bertz CT molecular complexity index is 560. The lowest BCUT2D eigenvalue weighted by Gasteiger charge is -2.17. The van der Waals surface area contributed by atoms with E-state index in [1.54, 1.807) is 26.0 Å². The number of hydrogen-bond acceptors (Lipinski definition) is 4. The van der Waals surface area contributed by atoms with Crippen LogP contribution in [0.25, 0.3) is 0 Å². The number of carbonyl (C=O) groups excluding carboxylic acids is 2. The maximum Gasteiger partial charge on any atom is 0.303 e. The Morgan fingerprint density at radius 1 is 1.17 bits per heavy atom. The third-order valence-electron chi connectivity index (χ3n) is 3.04. The molecule has 23 heavy (non-hydrogen) atoms. The van der Waals surface area contributed by atoms with Crippen LogP contribution in [0.3, 0.4) is 0 Å². The Balaban J connectivity index is 2.48. The number of carboxylic acid groups (broad SMARTS) is 1. The van der Waals surface area contributed by atoms with Gasteiger partial charge in [-0.05, 0) is 44.5 Å². The second-order valence-electron chi connectivity index (χ2n) is 5.31. The number of benzene rings is 1. The van der Waals surface area contributed by atoms with Crippen molar-refractivity contribution in [2.45, 2.75) is 49.8 Å². The van der Waals surface area contributed by atoms with E-state index in [1.165, 1.54) is 18.7 Å². The number of amides is 2. The zero-order chi connectivity index (χ0) is 17.4. The van der Waals surface area contributed by atoms with E-state index in [0.29, 0.717) is 12.1 Å². The summed E-state index contributed by atoms with van der Waals surface area (Å²) in [6, 6.07) is 7.07. The SMILES string of the molecule is CC(=O)Nc1ccc(SC(C)C(=O)NC(C)CCC(=O)O)cc1. The number of aliphatic carboxylic acids is 1. The van der Waals surface area contributed by atoms with Crippen LogP contribution in [0, 0.1) is 0 Å². The molecule has 126 valence electrons. The van der Waals surface area contributed by atoms with E-state index in [1.807, 2.05) is 12.1 Å². The molecule has 0 aromatic heterocycles. The molecule has 2 unspecified atom stereocenters. The van der Waals surface area contributed by atoms with E-state index in [2.05, 4.69) is 10.6 Å². The average molecular weight is 338 g/mol. The number of thioether (sulfide) groups is 1. The van der Waals surface area contributed by atoms with E-state index in [4.69, 9.17) is 5.11 Å². The van der Waals surface area contributed by atoms with Gasteiger partial charge in [-0.3, -0.25) is 14.4 Å². The Kier molecular flexibility index (Phi) is 7.61. The summed E-state index contributed by atoms with van der Waals surface area (Å²) in [7, 11) is 0. The molecular formula is C16H22N2O4S. The Morgan fingerprint density at radius 2 is 1.78 bits per heavy atom. The van der Waals surface area contributed by atoms with E-state index in [-0.39, 0.29) is 29.5 Å². The van der Waals surface area contributed by atoms with Crippen molar-refractivity contribution < 1.29 is 19.5 Å². The maximum atomic E-state index is 12.1. The predicted octanol–water partition coefficient (Wildman–Crippen LogP) is 2.50. The smallest absolute Gasteiger partial charge is 0.303 e. The summed E-state index contributed by atoms with van der Waals surface area (Å²) >= 11 is 1.40. The summed E-state index contributed by atoms with van der Waals surface area (Å²) in [5, 5.41) is 13.8. The first-order valence-electron chi connectivity index (χ1n) is 7.34. The minimum atomic E-state index is -0.868. The van der Waals surface area contributed by atoms with Crippen LogP contribution in [0.5, 0.6) is 0 Å². The van der Waals surface area contributed by atoms with Crippen LogP contribution in [0.2, 0.25) is 0 Å². The summed E-state index contributed by atoms with van der Waals surface area (Å²) in [4.78, 5) is 34.5. The molecule has 0 aliphatic heterocycles. The van der Waals surface area contributed by atoms with Crippen molar-refractivity contribution >= 4 is 35.2 Å². The van der Waals surface area contributed by atoms with Crippen LogP contribution >= 0.6 is 11.8 Å². The molecule has 0 aliphatic carbocycles. The van der Waals surface area contributed by atoms with Crippen LogP contribution in [0.15, 0.2) is 29.2 Å². The maximum absolute atomic E-state index is 12.1. The monoisotopic (exact) mass is 338 g/mol. The van der Waals surface area contributed by atoms with Crippen molar-refractivity contribution in [2.24, 2.45) is 0 Å². The van der Waals surface area contributed by atoms with Gasteiger partial charge < -0.3 is 15.7 Å². The van der Waals surface area contributed by atoms with Crippen molar-refractivity contribution in [3.63, 3.8) is 0 Å². The molecule has 2 amide bonds. The minimum Gasteiger partial charge on any atom is -0.481 e. The zero-order valence-electron chi connectivity index (χ0n) is 13.5. The largest absolute Gasteiger partial charge is 0.481 e. The van der Waals surface area contributed by atoms with Crippen molar-refractivity contribution in [2.75, 3.05) is 5.32 Å². The van der Waals surface area contributed by atoms with Gasteiger partial charge >= 0.3 is 5.97 Å². The van der Waals surface area contributed by atoms with Crippen LogP contribution < -0.4 is 10.6 Å². The van der Waals surface area contributed by atoms with Gasteiger partial charge in [-0.25, -0.2) is 0 Å². The molecule has 0 fully saturated rings. The molecule has 7 heteroatoms. The number of carboxylic acids is 1. The van der Waals surface area contributed by atoms with Crippen molar-refractivity contribution in [1.29, 1.82) is 0 Å². The molecule has 0 radical (unpaired) electrons. The fraction of sp³-hybridized carbons (Fsp3) is 0.438. The summed E-state index contributed by atoms with van der Waals surface area (Å²) in [6.45, 7) is 5.03. The van der Waals surface area contributed by atoms with E-state index >= 15 is 0 Å². The lowest BCUT2D eigenvalue weighted by Crippen LogP contribution is -2.37. The first-order valence-corrected chi connectivity index (χ1v) is 8.22. The van der Waals surface area contributed by atoms with Crippen LogP contribution in [0.1, 0.15) is 33.6 Å².